The van der Waals surface area contributed by atoms with E-state index in [-0.39, 0.29) is 19.4 Å². The lowest BCUT2D eigenvalue weighted by atomic mass is 10.1. The Morgan fingerprint density at radius 3 is 1.87 bits per heavy atom. The van der Waals surface area contributed by atoms with E-state index in [0.29, 0.717) is 0 Å². The van der Waals surface area contributed by atoms with Crippen molar-refractivity contribution in [2.45, 2.75) is 71.6 Å². The van der Waals surface area contributed by atoms with E-state index in [0.717, 1.165) is 0 Å². The third-order valence-corrected chi connectivity index (χ3v) is 2.32. The van der Waals surface area contributed by atoms with Crippen LogP contribution in [0.2, 0.25) is 0 Å². The van der Waals surface area contributed by atoms with Crippen molar-refractivity contribution < 1.29 is 29.0 Å². The summed E-state index contributed by atoms with van der Waals surface area (Å²) in [4.78, 5) is 34.1. The molecule has 0 rings (SSSR count). The van der Waals surface area contributed by atoms with Gasteiger partial charge in [0, 0.05) is 13.0 Å². The third kappa shape index (κ3) is 13.4. The summed E-state index contributed by atoms with van der Waals surface area (Å²) in [5, 5.41) is 13.8. The summed E-state index contributed by atoms with van der Waals surface area (Å²) in [7, 11) is 0. The van der Waals surface area contributed by atoms with Gasteiger partial charge < -0.3 is 25.2 Å². The van der Waals surface area contributed by atoms with Gasteiger partial charge in [0.15, 0.2) is 0 Å². The summed E-state index contributed by atoms with van der Waals surface area (Å²) in [6.45, 7) is 10.4. The van der Waals surface area contributed by atoms with Crippen LogP contribution < -0.4 is 10.6 Å². The van der Waals surface area contributed by atoms with E-state index >= 15 is 0 Å². The molecular weight excluding hydrogens is 304 g/mol. The molecule has 0 saturated heterocycles. The van der Waals surface area contributed by atoms with Gasteiger partial charge in [0.05, 0.1) is 6.04 Å². The summed E-state index contributed by atoms with van der Waals surface area (Å²) < 4.78 is 10.2. The van der Waals surface area contributed by atoms with Crippen molar-refractivity contribution in [2.75, 3.05) is 6.54 Å². The van der Waals surface area contributed by atoms with Gasteiger partial charge in [-0.3, -0.25) is 4.79 Å². The first-order valence-corrected chi connectivity index (χ1v) is 7.46. The number of ether oxygens (including phenoxy) is 2. The molecule has 0 radical (unpaired) electrons. The molecule has 0 saturated carbocycles. The Labute approximate surface area is 136 Å². The van der Waals surface area contributed by atoms with Crippen LogP contribution in [-0.2, 0) is 14.3 Å². The van der Waals surface area contributed by atoms with Gasteiger partial charge in [0.2, 0.25) is 0 Å². The highest BCUT2D eigenvalue weighted by Gasteiger charge is 2.22. The molecule has 23 heavy (non-hydrogen) atoms. The SMILES string of the molecule is CC(C)(C)OC(=O)NC[C@H](CCC(=O)O)NC(=O)OC(C)(C)C. The highest BCUT2D eigenvalue weighted by molar-refractivity contribution is 5.70. The standard InChI is InChI=1S/C15H28N2O6/c1-14(2,3)22-12(20)16-9-10(7-8-11(18)19)17-13(21)23-15(4,5)6/h10H,7-9H2,1-6H3,(H,16,20)(H,17,21)(H,18,19)/t10-/m0/s1. The van der Waals surface area contributed by atoms with Crippen LogP contribution in [0.4, 0.5) is 9.59 Å². The number of carboxylic acid groups (broad SMARTS) is 1. The maximum absolute atomic E-state index is 11.8. The van der Waals surface area contributed by atoms with Gasteiger partial charge in [-0.1, -0.05) is 0 Å². The van der Waals surface area contributed by atoms with Crippen LogP contribution in [-0.4, -0.2) is 47.1 Å². The third-order valence-electron chi connectivity index (χ3n) is 2.32. The van der Waals surface area contributed by atoms with E-state index < -0.39 is 35.4 Å². The van der Waals surface area contributed by atoms with Crippen LogP contribution in [0.3, 0.4) is 0 Å². The number of aliphatic carboxylic acids is 1. The first kappa shape index (κ1) is 21.0. The van der Waals surface area contributed by atoms with Crippen molar-refractivity contribution in [2.24, 2.45) is 0 Å². The van der Waals surface area contributed by atoms with Crippen LogP contribution in [0.5, 0.6) is 0 Å². The molecule has 1 atom stereocenters. The maximum Gasteiger partial charge on any atom is 0.407 e. The van der Waals surface area contributed by atoms with Crippen LogP contribution in [0.15, 0.2) is 0 Å². The molecule has 0 aliphatic rings. The lowest BCUT2D eigenvalue weighted by Crippen LogP contribution is -2.46. The van der Waals surface area contributed by atoms with E-state index in [1.165, 1.54) is 0 Å². The largest absolute Gasteiger partial charge is 0.481 e. The lowest BCUT2D eigenvalue weighted by molar-refractivity contribution is -0.137. The minimum Gasteiger partial charge on any atom is -0.481 e. The van der Waals surface area contributed by atoms with Gasteiger partial charge in [0.1, 0.15) is 11.2 Å². The summed E-state index contributed by atoms with van der Waals surface area (Å²) in [6, 6.07) is -0.575. The van der Waals surface area contributed by atoms with Crippen molar-refractivity contribution in [1.29, 1.82) is 0 Å². The monoisotopic (exact) mass is 332 g/mol. The molecule has 0 heterocycles. The number of hydrogen-bond acceptors (Lipinski definition) is 5. The predicted octanol–water partition coefficient (Wildman–Crippen LogP) is 2.27. The van der Waals surface area contributed by atoms with E-state index in [2.05, 4.69) is 10.6 Å². The first-order chi connectivity index (χ1) is 10.3. The van der Waals surface area contributed by atoms with Crippen molar-refractivity contribution >= 4 is 18.2 Å². The fourth-order valence-corrected chi connectivity index (χ4v) is 1.52. The molecular formula is C15H28N2O6. The zero-order chi connectivity index (χ0) is 18.3. The second kappa shape index (κ2) is 8.59. The highest BCUT2D eigenvalue weighted by Crippen LogP contribution is 2.08. The Hall–Kier alpha value is -1.99. The second-order valence-corrected chi connectivity index (χ2v) is 7.16. The highest BCUT2D eigenvalue weighted by atomic mass is 16.6. The minimum absolute atomic E-state index is 0.0431. The van der Waals surface area contributed by atoms with Gasteiger partial charge in [-0.2, -0.15) is 0 Å². The van der Waals surface area contributed by atoms with Crippen molar-refractivity contribution in [3.8, 4) is 0 Å². The average molecular weight is 332 g/mol. The molecule has 0 spiro atoms. The summed E-state index contributed by atoms with van der Waals surface area (Å²) >= 11 is 0. The summed E-state index contributed by atoms with van der Waals surface area (Å²) in [5.41, 5.74) is -1.31. The Balaban J connectivity index is 4.53. The smallest absolute Gasteiger partial charge is 0.407 e. The van der Waals surface area contributed by atoms with Crippen molar-refractivity contribution in [3.63, 3.8) is 0 Å². The molecule has 0 aromatic carbocycles. The molecule has 0 aromatic rings. The van der Waals surface area contributed by atoms with E-state index in [1.807, 2.05) is 0 Å². The summed E-state index contributed by atoms with van der Waals surface area (Å²) in [5.74, 6) is -0.988. The zero-order valence-corrected chi connectivity index (χ0v) is 14.7. The molecule has 0 aliphatic carbocycles. The van der Waals surface area contributed by atoms with Gasteiger partial charge in [0.25, 0.3) is 0 Å². The number of hydrogen-bond donors (Lipinski definition) is 3. The molecule has 0 bridgehead atoms. The average Bonchev–Trinajstić information content (AvgIpc) is 2.27. The molecule has 2 amide bonds. The van der Waals surface area contributed by atoms with E-state index in [1.54, 1.807) is 41.5 Å². The Bertz CT molecular complexity index is 423. The first-order valence-electron chi connectivity index (χ1n) is 7.46. The number of alkyl carbamates (subject to hydrolysis) is 2. The molecule has 134 valence electrons. The Morgan fingerprint density at radius 1 is 0.957 bits per heavy atom. The number of carbonyl (C=O) groups is 3. The van der Waals surface area contributed by atoms with Crippen LogP contribution in [0, 0.1) is 0 Å². The number of amides is 2. The maximum atomic E-state index is 11.8. The molecule has 8 nitrogen and oxygen atoms in total. The Morgan fingerprint density at radius 2 is 1.43 bits per heavy atom. The van der Waals surface area contributed by atoms with Gasteiger partial charge in [-0.05, 0) is 48.0 Å². The van der Waals surface area contributed by atoms with Crippen molar-refractivity contribution in [3.05, 3.63) is 0 Å². The molecule has 0 unspecified atom stereocenters. The molecule has 0 aromatic heterocycles. The van der Waals surface area contributed by atoms with Crippen molar-refractivity contribution in [1.82, 2.24) is 10.6 Å². The summed E-state index contributed by atoms with van der Waals surface area (Å²) in [6.07, 6.45) is -1.29. The second-order valence-electron chi connectivity index (χ2n) is 7.16. The van der Waals surface area contributed by atoms with E-state index in [4.69, 9.17) is 14.6 Å². The minimum atomic E-state index is -0.988. The molecule has 8 heteroatoms. The lowest BCUT2D eigenvalue weighted by Gasteiger charge is -2.24. The van der Waals surface area contributed by atoms with Crippen LogP contribution in [0.1, 0.15) is 54.4 Å². The van der Waals surface area contributed by atoms with E-state index in [9.17, 15) is 14.4 Å². The predicted molar refractivity (Wildman–Crippen MR) is 84.3 cm³/mol. The number of rotatable bonds is 6. The van der Waals surface area contributed by atoms with Gasteiger partial charge in [-0.15, -0.1) is 0 Å². The molecule has 0 fully saturated rings. The fraction of sp³-hybridized carbons (Fsp3) is 0.800. The number of nitrogens with one attached hydrogen (secondary N) is 2. The molecule has 3 N–H and O–H groups in total. The number of carbonyl (C=O) groups excluding carboxylic acids is 2. The van der Waals surface area contributed by atoms with Crippen LogP contribution >= 0.6 is 0 Å². The van der Waals surface area contributed by atoms with Crippen LogP contribution in [0.25, 0.3) is 0 Å². The molecule has 0 aliphatic heterocycles. The number of carboxylic acids is 1. The Kier molecular flexibility index (Phi) is 7.85. The zero-order valence-electron chi connectivity index (χ0n) is 14.7. The van der Waals surface area contributed by atoms with Gasteiger partial charge >= 0.3 is 18.2 Å². The quantitative estimate of drug-likeness (QED) is 0.687. The normalized spacial score (nSPS) is 13.0. The topological polar surface area (TPSA) is 114 Å². The fourth-order valence-electron chi connectivity index (χ4n) is 1.52. The van der Waals surface area contributed by atoms with Gasteiger partial charge in [-0.25, -0.2) is 9.59 Å².